The van der Waals surface area contributed by atoms with Crippen molar-refractivity contribution in [1.29, 1.82) is 0 Å². The molecule has 2 amide bonds. The molecular formula is C18H30N2O5. The van der Waals surface area contributed by atoms with E-state index in [1.54, 1.807) is 41.5 Å². The van der Waals surface area contributed by atoms with Crippen LogP contribution in [0, 0.1) is 11.8 Å². The Bertz CT molecular complexity index is 488. The first-order chi connectivity index (χ1) is 11.5. The molecule has 0 unspecified atom stereocenters. The Kier molecular flexibility index (Phi) is 7.71. The first kappa shape index (κ1) is 21.3. The van der Waals surface area contributed by atoms with Crippen LogP contribution in [0.2, 0.25) is 0 Å². The van der Waals surface area contributed by atoms with Crippen molar-refractivity contribution in [1.82, 2.24) is 9.80 Å². The van der Waals surface area contributed by atoms with Gasteiger partial charge in [-0.25, -0.2) is 14.5 Å². The van der Waals surface area contributed by atoms with Gasteiger partial charge in [0.05, 0.1) is 26.3 Å². The minimum absolute atomic E-state index is 0.0752. The zero-order valence-electron chi connectivity index (χ0n) is 16.2. The largest absolute Gasteiger partial charge is 0.443 e. The fourth-order valence-corrected chi connectivity index (χ4v) is 1.90. The molecule has 25 heavy (non-hydrogen) atoms. The maximum Gasteiger partial charge on any atom is 0.420 e. The molecule has 0 aromatic rings. The number of carbonyl (C=O) groups excluding carboxylic acids is 2. The number of rotatable bonds is 2. The third-order valence-electron chi connectivity index (χ3n) is 3.00. The Morgan fingerprint density at radius 2 is 1.44 bits per heavy atom. The molecule has 1 saturated heterocycles. The van der Waals surface area contributed by atoms with Crippen LogP contribution in [-0.2, 0) is 14.2 Å². The van der Waals surface area contributed by atoms with Gasteiger partial charge in [0, 0.05) is 13.1 Å². The Morgan fingerprint density at radius 1 is 0.960 bits per heavy atom. The van der Waals surface area contributed by atoms with Crippen molar-refractivity contribution in [3.05, 3.63) is 0 Å². The minimum atomic E-state index is -0.762. The van der Waals surface area contributed by atoms with Gasteiger partial charge in [0.15, 0.2) is 0 Å². The van der Waals surface area contributed by atoms with Crippen molar-refractivity contribution in [2.75, 3.05) is 39.4 Å². The highest BCUT2D eigenvalue weighted by Gasteiger charge is 2.30. The van der Waals surface area contributed by atoms with E-state index in [0.29, 0.717) is 19.8 Å². The number of hydrogen-bond donors (Lipinski definition) is 0. The topological polar surface area (TPSA) is 68.3 Å². The van der Waals surface area contributed by atoms with Crippen LogP contribution < -0.4 is 0 Å². The van der Waals surface area contributed by atoms with Gasteiger partial charge in [0.2, 0.25) is 0 Å². The molecule has 0 N–H and O–H groups in total. The van der Waals surface area contributed by atoms with Crippen molar-refractivity contribution >= 4 is 12.2 Å². The lowest BCUT2D eigenvalue weighted by atomic mass is 10.2. The summed E-state index contributed by atoms with van der Waals surface area (Å²) in [6.07, 6.45) is -1.52. The number of carbonyl (C=O) groups is 2. The van der Waals surface area contributed by atoms with Crippen molar-refractivity contribution in [3.63, 3.8) is 0 Å². The fraction of sp³-hybridized carbons (Fsp3) is 0.778. The highest BCUT2D eigenvalue weighted by atomic mass is 16.6. The number of imide groups is 1. The summed E-state index contributed by atoms with van der Waals surface area (Å²) in [7, 11) is 0. The average molecular weight is 354 g/mol. The first-order valence-electron chi connectivity index (χ1n) is 8.47. The summed E-state index contributed by atoms with van der Waals surface area (Å²) in [6, 6.07) is 0. The lowest BCUT2D eigenvalue weighted by Gasteiger charge is -2.27. The van der Waals surface area contributed by atoms with Gasteiger partial charge >= 0.3 is 12.2 Å². The number of morpholine rings is 1. The molecule has 1 fully saturated rings. The molecule has 1 aliphatic heterocycles. The zero-order chi connectivity index (χ0) is 19.1. The van der Waals surface area contributed by atoms with Crippen molar-refractivity contribution in [2.45, 2.75) is 52.7 Å². The summed E-state index contributed by atoms with van der Waals surface area (Å²) in [5.74, 6) is 5.84. The molecule has 0 aromatic heterocycles. The van der Waals surface area contributed by atoms with Crippen LogP contribution >= 0.6 is 0 Å². The lowest BCUT2D eigenvalue weighted by molar-refractivity contribution is 0.00412. The minimum Gasteiger partial charge on any atom is -0.443 e. The Balaban J connectivity index is 2.70. The van der Waals surface area contributed by atoms with Crippen molar-refractivity contribution < 1.29 is 23.8 Å². The third-order valence-corrected chi connectivity index (χ3v) is 3.00. The molecule has 0 spiro atoms. The van der Waals surface area contributed by atoms with E-state index in [1.165, 1.54) is 0 Å². The van der Waals surface area contributed by atoms with E-state index in [2.05, 4.69) is 16.7 Å². The number of nitrogens with zero attached hydrogens (tertiary/aromatic N) is 2. The molecule has 0 bridgehead atoms. The molecular weight excluding hydrogens is 324 g/mol. The normalized spacial score (nSPS) is 15.8. The van der Waals surface area contributed by atoms with Crippen LogP contribution in [0.15, 0.2) is 0 Å². The van der Waals surface area contributed by atoms with E-state index >= 15 is 0 Å². The summed E-state index contributed by atoms with van der Waals surface area (Å²) < 4.78 is 15.8. The quantitative estimate of drug-likeness (QED) is 0.710. The molecule has 0 aliphatic carbocycles. The van der Waals surface area contributed by atoms with E-state index in [9.17, 15) is 9.59 Å². The molecule has 0 radical (unpaired) electrons. The van der Waals surface area contributed by atoms with E-state index in [-0.39, 0.29) is 6.54 Å². The lowest BCUT2D eigenvalue weighted by Crippen LogP contribution is -2.43. The van der Waals surface area contributed by atoms with Gasteiger partial charge in [-0.05, 0) is 41.5 Å². The Morgan fingerprint density at radius 3 is 1.88 bits per heavy atom. The SMILES string of the molecule is CC(C)(C)OC(=O)N(CC#CCN1CCOCC1)C(=O)OC(C)(C)C. The van der Waals surface area contributed by atoms with Gasteiger partial charge in [-0.1, -0.05) is 11.8 Å². The second-order valence-corrected chi connectivity index (χ2v) is 7.79. The molecule has 1 heterocycles. The number of amides is 2. The third kappa shape index (κ3) is 9.32. The van der Waals surface area contributed by atoms with Crippen LogP contribution in [-0.4, -0.2) is 72.6 Å². The average Bonchev–Trinajstić information content (AvgIpc) is 2.44. The van der Waals surface area contributed by atoms with E-state index in [4.69, 9.17) is 14.2 Å². The summed E-state index contributed by atoms with van der Waals surface area (Å²) in [5.41, 5.74) is -1.42. The molecule has 0 saturated carbocycles. The van der Waals surface area contributed by atoms with Crippen molar-refractivity contribution in [3.8, 4) is 11.8 Å². The highest BCUT2D eigenvalue weighted by Crippen LogP contribution is 2.14. The van der Waals surface area contributed by atoms with Crippen LogP contribution in [0.3, 0.4) is 0 Å². The molecule has 1 aliphatic rings. The first-order valence-corrected chi connectivity index (χ1v) is 8.47. The van der Waals surface area contributed by atoms with Gasteiger partial charge in [-0.3, -0.25) is 4.90 Å². The van der Waals surface area contributed by atoms with E-state index in [0.717, 1.165) is 18.0 Å². The Hall–Kier alpha value is -1.78. The summed E-state index contributed by atoms with van der Waals surface area (Å²) in [6.45, 7) is 14.0. The van der Waals surface area contributed by atoms with Crippen molar-refractivity contribution in [2.24, 2.45) is 0 Å². The van der Waals surface area contributed by atoms with Gasteiger partial charge in [0.25, 0.3) is 0 Å². The molecule has 142 valence electrons. The number of ether oxygens (including phenoxy) is 3. The van der Waals surface area contributed by atoms with Gasteiger partial charge < -0.3 is 14.2 Å². The Labute approximate surface area is 150 Å². The van der Waals surface area contributed by atoms with Crippen LogP contribution in [0.1, 0.15) is 41.5 Å². The predicted molar refractivity (Wildman–Crippen MR) is 94.2 cm³/mol. The maximum atomic E-state index is 12.3. The monoisotopic (exact) mass is 354 g/mol. The van der Waals surface area contributed by atoms with Crippen LogP contribution in [0.5, 0.6) is 0 Å². The molecule has 0 atom stereocenters. The summed E-state index contributed by atoms with van der Waals surface area (Å²) >= 11 is 0. The molecule has 1 rings (SSSR count). The van der Waals surface area contributed by atoms with E-state index < -0.39 is 23.4 Å². The maximum absolute atomic E-state index is 12.3. The molecule has 7 heteroatoms. The predicted octanol–water partition coefficient (Wildman–Crippen LogP) is 2.49. The molecule has 7 nitrogen and oxygen atoms in total. The summed E-state index contributed by atoms with van der Waals surface area (Å²) in [5, 5.41) is 0. The standard InChI is InChI=1S/C18H30N2O5/c1-17(2,3)24-15(21)20(16(22)25-18(4,5)6)10-8-7-9-19-11-13-23-14-12-19/h9-14H2,1-6H3. The fourth-order valence-electron chi connectivity index (χ4n) is 1.90. The van der Waals surface area contributed by atoms with Gasteiger partial charge in [-0.15, -0.1) is 0 Å². The smallest absolute Gasteiger partial charge is 0.420 e. The zero-order valence-corrected chi connectivity index (χ0v) is 16.2. The van der Waals surface area contributed by atoms with Gasteiger partial charge in [0.1, 0.15) is 11.2 Å². The van der Waals surface area contributed by atoms with Crippen LogP contribution in [0.4, 0.5) is 9.59 Å². The number of hydrogen-bond acceptors (Lipinski definition) is 6. The second-order valence-electron chi connectivity index (χ2n) is 7.79. The van der Waals surface area contributed by atoms with E-state index in [1.807, 2.05) is 0 Å². The van der Waals surface area contributed by atoms with Crippen LogP contribution in [0.25, 0.3) is 0 Å². The summed E-state index contributed by atoms with van der Waals surface area (Å²) in [4.78, 5) is 27.6. The molecule has 0 aromatic carbocycles. The second kappa shape index (κ2) is 9.07. The highest BCUT2D eigenvalue weighted by molar-refractivity contribution is 5.88. The van der Waals surface area contributed by atoms with Gasteiger partial charge in [-0.2, -0.15) is 0 Å².